The molecule has 0 heterocycles. The van der Waals surface area contributed by atoms with Gasteiger partial charge in [0.05, 0.1) is 0 Å². The van der Waals surface area contributed by atoms with Gasteiger partial charge in [-0.15, -0.1) is 0 Å². The second-order valence-corrected chi connectivity index (χ2v) is 5.97. The lowest BCUT2D eigenvalue weighted by Crippen LogP contribution is -2.24. The lowest BCUT2D eigenvalue weighted by atomic mass is 10.1. The zero-order valence-corrected chi connectivity index (χ0v) is 14.5. The first kappa shape index (κ1) is 19.4. The summed E-state index contributed by atoms with van der Waals surface area (Å²) in [5.74, 6) is -0.0462. The smallest absolute Gasteiger partial charge is 0.251 e. The van der Waals surface area contributed by atoms with Gasteiger partial charge in [-0.1, -0.05) is 44.2 Å². The highest BCUT2D eigenvalue weighted by atomic mass is 16.1. The molecule has 4 nitrogen and oxygen atoms in total. The fourth-order valence-electron chi connectivity index (χ4n) is 2.47. The van der Waals surface area contributed by atoms with Gasteiger partial charge in [0.1, 0.15) is 0 Å². The number of nitrogens with one attached hydrogen (secondary N) is 2. The number of ketones is 1. The molecule has 0 aromatic heterocycles. The Morgan fingerprint density at radius 1 is 0.783 bits per heavy atom. The van der Waals surface area contributed by atoms with E-state index in [0.717, 1.165) is 19.4 Å². The van der Waals surface area contributed by atoms with Crippen LogP contribution in [0.1, 0.15) is 72.6 Å². The van der Waals surface area contributed by atoms with E-state index in [0.29, 0.717) is 17.7 Å². The molecule has 1 aromatic rings. The van der Waals surface area contributed by atoms with Gasteiger partial charge in [-0.05, 0) is 45.5 Å². The van der Waals surface area contributed by atoms with E-state index in [-0.39, 0.29) is 11.7 Å². The van der Waals surface area contributed by atoms with E-state index in [1.165, 1.54) is 39.0 Å². The number of Topliss-reactive ketones (excluding diaryl/α,β-unsaturated/α-hetero) is 1. The molecule has 2 N–H and O–H groups in total. The van der Waals surface area contributed by atoms with Crippen LogP contribution in [0.5, 0.6) is 0 Å². The van der Waals surface area contributed by atoms with E-state index in [9.17, 15) is 9.59 Å². The monoisotopic (exact) mass is 318 g/mol. The largest absolute Gasteiger partial charge is 0.352 e. The van der Waals surface area contributed by atoms with Crippen molar-refractivity contribution in [1.29, 1.82) is 0 Å². The van der Waals surface area contributed by atoms with Gasteiger partial charge in [0.2, 0.25) is 0 Å². The third-order valence-electron chi connectivity index (χ3n) is 3.94. The minimum atomic E-state index is -0.0628. The number of carbonyl (C=O) groups is 2. The molecule has 0 radical (unpaired) electrons. The summed E-state index contributed by atoms with van der Waals surface area (Å²) in [6.45, 7) is 3.35. The van der Waals surface area contributed by atoms with Crippen LogP contribution in [0.15, 0.2) is 24.3 Å². The Balaban J connectivity index is 2.07. The highest BCUT2D eigenvalue weighted by Gasteiger charge is 2.05. The number of amides is 1. The zero-order valence-electron chi connectivity index (χ0n) is 14.5. The Kier molecular flexibility index (Phi) is 9.96. The number of rotatable bonds is 12. The van der Waals surface area contributed by atoms with Crippen molar-refractivity contribution >= 4 is 11.7 Å². The fourth-order valence-corrected chi connectivity index (χ4v) is 2.47. The second-order valence-electron chi connectivity index (χ2n) is 5.97. The van der Waals surface area contributed by atoms with E-state index in [2.05, 4.69) is 10.6 Å². The Morgan fingerprint density at radius 2 is 1.26 bits per heavy atom. The van der Waals surface area contributed by atoms with Gasteiger partial charge in [0, 0.05) is 17.7 Å². The lowest BCUT2D eigenvalue weighted by molar-refractivity contribution is 0.0950. The van der Waals surface area contributed by atoms with E-state index >= 15 is 0 Å². The molecular formula is C19H30N2O2. The average Bonchev–Trinajstić information content (AvgIpc) is 2.56. The Morgan fingerprint density at radius 3 is 1.78 bits per heavy atom. The molecule has 128 valence electrons. The van der Waals surface area contributed by atoms with Crippen LogP contribution in [0.4, 0.5) is 0 Å². The van der Waals surface area contributed by atoms with Crippen molar-refractivity contribution in [2.24, 2.45) is 0 Å². The van der Waals surface area contributed by atoms with Gasteiger partial charge in [0.15, 0.2) is 5.78 Å². The highest BCUT2D eigenvalue weighted by Crippen LogP contribution is 2.07. The van der Waals surface area contributed by atoms with Crippen molar-refractivity contribution in [3.05, 3.63) is 35.4 Å². The van der Waals surface area contributed by atoms with Gasteiger partial charge < -0.3 is 10.6 Å². The summed E-state index contributed by atoms with van der Waals surface area (Å²) < 4.78 is 0. The van der Waals surface area contributed by atoms with Crippen LogP contribution in [-0.2, 0) is 0 Å². The van der Waals surface area contributed by atoms with E-state index in [1.54, 1.807) is 24.3 Å². The summed E-state index contributed by atoms with van der Waals surface area (Å²) in [7, 11) is 1.99. The fraction of sp³-hybridized carbons (Fsp3) is 0.579. The minimum Gasteiger partial charge on any atom is -0.352 e. The molecule has 0 aliphatic rings. The van der Waals surface area contributed by atoms with Crippen molar-refractivity contribution in [2.45, 2.75) is 51.9 Å². The highest BCUT2D eigenvalue weighted by molar-refractivity contribution is 5.97. The zero-order chi connectivity index (χ0) is 16.9. The first-order valence-electron chi connectivity index (χ1n) is 8.69. The Hall–Kier alpha value is -1.68. The number of unbranched alkanes of at least 4 members (excludes halogenated alkanes) is 6. The van der Waals surface area contributed by atoms with Crippen LogP contribution in [0.2, 0.25) is 0 Å². The lowest BCUT2D eigenvalue weighted by Gasteiger charge is -2.06. The van der Waals surface area contributed by atoms with E-state index in [1.807, 2.05) is 7.05 Å². The van der Waals surface area contributed by atoms with Gasteiger partial charge in [0.25, 0.3) is 5.91 Å². The van der Waals surface area contributed by atoms with Gasteiger partial charge in [-0.3, -0.25) is 9.59 Å². The molecule has 1 aromatic carbocycles. The third kappa shape index (κ3) is 8.50. The van der Waals surface area contributed by atoms with Crippen LogP contribution < -0.4 is 10.6 Å². The summed E-state index contributed by atoms with van der Waals surface area (Å²) in [5.41, 5.74) is 1.25. The van der Waals surface area contributed by atoms with Crippen LogP contribution in [0.25, 0.3) is 0 Å². The van der Waals surface area contributed by atoms with Crippen LogP contribution in [0, 0.1) is 0 Å². The SMILES string of the molecule is CNCCCCCCCCCNC(=O)c1ccc(C(C)=O)cc1. The number of carbonyl (C=O) groups excluding carboxylic acids is 2. The number of hydrogen-bond acceptors (Lipinski definition) is 3. The molecule has 4 heteroatoms. The first-order valence-corrected chi connectivity index (χ1v) is 8.69. The van der Waals surface area contributed by atoms with E-state index < -0.39 is 0 Å². The summed E-state index contributed by atoms with van der Waals surface area (Å²) in [5, 5.41) is 6.10. The maximum absolute atomic E-state index is 12.0. The van der Waals surface area contributed by atoms with Crippen molar-refractivity contribution in [3.63, 3.8) is 0 Å². The summed E-state index contributed by atoms with van der Waals surface area (Å²) in [6, 6.07) is 6.81. The molecule has 0 saturated heterocycles. The summed E-state index contributed by atoms with van der Waals surface area (Å²) in [4.78, 5) is 23.2. The third-order valence-corrected chi connectivity index (χ3v) is 3.94. The van der Waals surface area contributed by atoms with Gasteiger partial charge >= 0.3 is 0 Å². The Bertz CT molecular complexity index is 469. The summed E-state index contributed by atoms with van der Waals surface area (Å²) >= 11 is 0. The summed E-state index contributed by atoms with van der Waals surface area (Å²) in [6.07, 6.45) is 8.57. The maximum Gasteiger partial charge on any atom is 0.251 e. The van der Waals surface area contributed by atoms with Crippen molar-refractivity contribution in [2.75, 3.05) is 20.1 Å². The molecule has 1 rings (SSSR count). The number of benzene rings is 1. The maximum atomic E-state index is 12.0. The normalized spacial score (nSPS) is 10.5. The predicted octanol–water partition coefficient (Wildman–Crippen LogP) is 3.57. The molecule has 0 saturated carbocycles. The molecule has 23 heavy (non-hydrogen) atoms. The quantitative estimate of drug-likeness (QED) is 0.457. The van der Waals surface area contributed by atoms with Crippen LogP contribution in [0.3, 0.4) is 0 Å². The molecule has 0 fully saturated rings. The molecule has 0 atom stereocenters. The molecular weight excluding hydrogens is 288 g/mol. The molecule has 0 spiro atoms. The van der Waals surface area contributed by atoms with Crippen molar-refractivity contribution in [1.82, 2.24) is 10.6 Å². The van der Waals surface area contributed by atoms with Crippen LogP contribution in [-0.4, -0.2) is 31.8 Å². The van der Waals surface area contributed by atoms with Gasteiger partial charge in [-0.25, -0.2) is 0 Å². The topological polar surface area (TPSA) is 58.2 Å². The van der Waals surface area contributed by atoms with Crippen molar-refractivity contribution in [3.8, 4) is 0 Å². The van der Waals surface area contributed by atoms with Crippen molar-refractivity contribution < 1.29 is 9.59 Å². The predicted molar refractivity (Wildman–Crippen MR) is 95.0 cm³/mol. The standard InChI is InChI=1S/C19H30N2O2/c1-16(22)17-10-12-18(13-11-17)19(23)21-15-9-7-5-3-4-6-8-14-20-2/h10-13,20H,3-9,14-15H2,1-2H3,(H,21,23). The molecule has 0 aliphatic heterocycles. The molecule has 0 unspecified atom stereocenters. The average molecular weight is 318 g/mol. The van der Waals surface area contributed by atoms with E-state index in [4.69, 9.17) is 0 Å². The van der Waals surface area contributed by atoms with Crippen LogP contribution >= 0.6 is 0 Å². The Labute approximate surface area is 140 Å². The molecule has 1 amide bonds. The number of hydrogen-bond donors (Lipinski definition) is 2. The second kappa shape index (κ2) is 11.8. The van der Waals surface area contributed by atoms with Gasteiger partial charge in [-0.2, -0.15) is 0 Å². The molecule has 0 aliphatic carbocycles. The first-order chi connectivity index (χ1) is 11.1. The molecule has 0 bridgehead atoms. The minimum absolute atomic E-state index is 0.0166.